The Morgan fingerprint density at radius 3 is 2.05 bits per heavy atom. The molecule has 0 aromatic heterocycles. The number of hydrogen-bond acceptors (Lipinski definition) is 3. The van der Waals surface area contributed by atoms with Crippen LogP contribution < -0.4 is 11.2 Å². The van der Waals surface area contributed by atoms with Crippen molar-refractivity contribution >= 4 is 35.2 Å². The lowest BCUT2D eigenvalue weighted by atomic mass is 9.75. The zero-order chi connectivity index (χ0) is 15.3. The van der Waals surface area contributed by atoms with Crippen LogP contribution in [-0.4, -0.2) is 18.3 Å². The summed E-state index contributed by atoms with van der Waals surface area (Å²) >= 11 is 2.38. The fourth-order valence-corrected chi connectivity index (χ4v) is 3.04. The second-order valence-corrected chi connectivity index (χ2v) is 7.56. The number of halogens is 1. The Balaban J connectivity index is 2.48. The summed E-state index contributed by atoms with van der Waals surface area (Å²) in [5.41, 5.74) is 9.96. The van der Waals surface area contributed by atoms with Gasteiger partial charge in [0.25, 0.3) is 0 Å². The average Bonchev–Trinajstić information content (AvgIpc) is 2.56. The number of nitrogens with two attached hydrogens (primary N) is 1. The first-order valence-corrected chi connectivity index (χ1v) is 8.03. The normalized spacial score (nSPS) is 20.5. The maximum absolute atomic E-state index is 6.16. The van der Waals surface area contributed by atoms with Gasteiger partial charge < -0.3 is 15.0 Å². The Kier molecular flexibility index (Phi) is 4.28. The first-order chi connectivity index (χ1) is 9.10. The minimum Gasteiger partial charge on any atom is -0.399 e. The standard InChI is InChI=1S/C15H23BINO2/c1-9-11(8-18)7-12(10(2)13(9)17)16-19-14(3,4)15(5,6)20-16/h7H,8,18H2,1-6H3. The van der Waals surface area contributed by atoms with Crippen LogP contribution in [0.25, 0.3) is 0 Å². The maximum atomic E-state index is 6.16. The molecule has 1 aliphatic heterocycles. The maximum Gasteiger partial charge on any atom is 0.495 e. The summed E-state index contributed by atoms with van der Waals surface area (Å²) in [5, 5.41) is 0. The molecule has 0 bridgehead atoms. The molecule has 0 spiro atoms. The van der Waals surface area contributed by atoms with Crippen molar-refractivity contribution in [3.63, 3.8) is 0 Å². The number of benzene rings is 1. The molecule has 1 aromatic carbocycles. The van der Waals surface area contributed by atoms with Crippen LogP contribution in [0.5, 0.6) is 0 Å². The van der Waals surface area contributed by atoms with Crippen molar-refractivity contribution in [1.82, 2.24) is 0 Å². The van der Waals surface area contributed by atoms with Gasteiger partial charge in [-0.25, -0.2) is 0 Å². The summed E-state index contributed by atoms with van der Waals surface area (Å²) in [7, 11) is -0.320. The first-order valence-electron chi connectivity index (χ1n) is 6.95. The van der Waals surface area contributed by atoms with E-state index >= 15 is 0 Å². The lowest BCUT2D eigenvalue weighted by Crippen LogP contribution is -2.41. The van der Waals surface area contributed by atoms with E-state index in [2.05, 4.69) is 70.2 Å². The van der Waals surface area contributed by atoms with Crippen LogP contribution in [0.3, 0.4) is 0 Å². The van der Waals surface area contributed by atoms with Gasteiger partial charge in [-0.3, -0.25) is 0 Å². The molecule has 1 fully saturated rings. The first kappa shape index (κ1) is 16.3. The Morgan fingerprint density at radius 1 is 1.10 bits per heavy atom. The molecule has 1 saturated heterocycles. The topological polar surface area (TPSA) is 44.5 Å². The number of hydrogen-bond donors (Lipinski definition) is 1. The van der Waals surface area contributed by atoms with E-state index in [0.717, 1.165) is 11.0 Å². The lowest BCUT2D eigenvalue weighted by Gasteiger charge is -2.32. The van der Waals surface area contributed by atoms with E-state index in [4.69, 9.17) is 15.0 Å². The summed E-state index contributed by atoms with van der Waals surface area (Å²) in [6, 6.07) is 2.13. The van der Waals surface area contributed by atoms with Gasteiger partial charge in [-0.15, -0.1) is 0 Å². The molecule has 1 heterocycles. The zero-order valence-corrected chi connectivity index (χ0v) is 15.3. The van der Waals surface area contributed by atoms with Crippen LogP contribution in [0.2, 0.25) is 0 Å². The third-order valence-corrected chi connectivity index (χ3v) is 6.25. The number of rotatable bonds is 2. The Hall–Kier alpha value is -0.105. The van der Waals surface area contributed by atoms with E-state index in [1.165, 1.54) is 14.7 Å². The van der Waals surface area contributed by atoms with Crippen molar-refractivity contribution < 1.29 is 9.31 Å². The van der Waals surface area contributed by atoms with Gasteiger partial charge in [-0.2, -0.15) is 0 Å². The minimum atomic E-state index is -0.320. The van der Waals surface area contributed by atoms with Crippen molar-refractivity contribution in [2.24, 2.45) is 5.73 Å². The van der Waals surface area contributed by atoms with E-state index in [0.29, 0.717) is 6.54 Å². The van der Waals surface area contributed by atoms with Gasteiger partial charge in [0.1, 0.15) is 0 Å². The smallest absolute Gasteiger partial charge is 0.399 e. The lowest BCUT2D eigenvalue weighted by molar-refractivity contribution is 0.00578. The Morgan fingerprint density at radius 2 is 1.60 bits per heavy atom. The van der Waals surface area contributed by atoms with Crippen molar-refractivity contribution in [3.05, 3.63) is 26.3 Å². The molecular weight excluding hydrogens is 364 g/mol. The highest BCUT2D eigenvalue weighted by Gasteiger charge is 2.52. The molecule has 0 saturated carbocycles. The van der Waals surface area contributed by atoms with Gasteiger partial charge in [-0.05, 0) is 86.3 Å². The molecule has 110 valence electrons. The molecular formula is C15H23BINO2. The Labute approximate surface area is 135 Å². The molecule has 20 heavy (non-hydrogen) atoms. The highest BCUT2D eigenvalue weighted by atomic mass is 127. The van der Waals surface area contributed by atoms with Crippen molar-refractivity contribution in [2.45, 2.75) is 59.3 Å². The summed E-state index contributed by atoms with van der Waals surface area (Å²) in [5.74, 6) is 0. The monoisotopic (exact) mass is 387 g/mol. The van der Waals surface area contributed by atoms with Crippen LogP contribution in [0.1, 0.15) is 44.4 Å². The van der Waals surface area contributed by atoms with Crippen LogP contribution in [0.4, 0.5) is 0 Å². The van der Waals surface area contributed by atoms with E-state index in [1.807, 2.05) is 0 Å². The second kappa shape index (κ2) is 5.27. The van der Waals surface area contributed by atoms with E-state index < -0.39 is 0 Å². The molecule has 0 unspecified atom stereocenters. The molecule has 2 N–H and O–H groups in total. The zero-order valence-electron chi connectivity index (χ0n) is 13.1. The fourth-order valence-electron chi connectivity index (χ4n) is 2.38. The molecule has 0 amide bonds. The van der Waals surface area contributed by atoms with E-state index in [-0.39, 0.29) is 18.3 Å². The van der Waals surface area contributed by atoms with Crippen molar-refractivity contribution in [3.8, 4) is 0 Å². The highest BCUT2D eigenvalue weighted by molar-refractivity contribution is 14.1. The van der Waals surface area contributed by atoms with Crippen molar-refractivity contribution in [2.75, 3.05) is 0 Å². The molecule has 0 aliphatic carbocycles. The summed E-state index contributed by atoms with van der Waals surface area (Å²) in [4.78, 5) is 0. The molecule has 0 radical (unpaired) electrons. The van der Waals surface area contributed by atoms with Crippen LogP contribution in [0, 0.1) is 17.4 Å². The Bertz CT molecular complexity index is 527. The van der Waals surface area contributed by atoms with Gasteiger partial charge in [-0.1, -0.05) is 6.07 Å². The largest absolute Gasteiger partial charge is 0.495 e. The third kappa shape index (κ3) is 2.53. The van der Waals surface area contributed by atoms with Gasteiger partial charge in [0, 0.05) is 10.1 Å². The molecule has 0 atom stereocenters. The van der Waals surface area contributed by atoms with Gasteiger partial charge in [0.15, 0.2) is 0 Å². The average molecular weight is 387 g/mol. The minimum absolute atomic E-state index is 0.316. The summed E-state index contributed by atoms with van der Waals surface area (Å²) in [6.07, 6.45) is 0. The third-order valence-electron chi connectivity index (χ3n) is 4.63. The van der Waals surface area contributed by atoms with Crippen LogP contribution in [0.15, 0.2) is 6.07 Å². The fraction of sp³-hybridized carbons (Fsp3) is 0.600. The SMILES string of the molecule is Cc1c(CN)cc(B2OC(C)(C)C(C)(C)O2)c(C)c1I. The predicted molar refractivity (Wildman–Crippen MR) is 92.2 cm³/mol. The molecule has 3 nitrogen and oxygen atoms in total. The van der Waals surface area contributed by atoms with E-state index in [9.17, 15) is 0 Å². The molecule has 1 aliphatic rings. The summed E-state index contributed by atoms with van der Waals surface area (Å²) < 4.78 is 13.6. The highest BCUT2D eigenvalue weighted by Crippen LogP contribution is 2.37. The van der Waals surface area contributed by atoms with Crippen LogP contribution >= 0.6 is 22.6 Å². The quantitative estimate of drug-likeness (QED) is 0.627. The van der Waals surface area contributed by atoms with Crippen LogP contribution in [-0.2, 0) is 15.9 Å². The molecule has 2 rings (SSSR count). The molecule has 1 aromatic rings. The van der Waals surface area contributed by atoms with Gasteiger partial charge >= 0.3 is 7.12 Å². The molecule has 5 heteroatoms. The van der Waals surface area contributed by atoms with Crippen molar-refractivity contribution in [1.29, 1.82) is 0 Å². The van der Waals surface area contributed by atoms with Gasteiger partial charge in [0.05, 0.1) is 11.2 Å². The summed E-state index contributed by atoms with van der Waals surface area (Å²) in [6.45, 7) is 13.1. The van der Waals surface area contributed by atoms with E-state index in [1.54, 1.807) is 0 Å². The predicted octanol–water partition coefficient (Wildman–Crippen LogP) is 2.67. The second-order valence-electron chi connectivity index (χ2n) is 6.48. The van der Waals surface area contributed by atoms with Gasteiger partial charge in [0.2, 0.25) is 0 Å².